The van der Waals surface area contributed by atoms with Gasteiger partial charge in [-0.05, 0) is 19.4 Å². The van der Waals surface area contributed by atoms with Crippen molar-refractivity contribution in [1.29, 1.82) is 0 Å². The van der Waals surface area contributed by atoms with Gasteiger partial charge >= 0.3 is 6.18 Å². The van der Waals surface area contributed by atoms with Gasteiger partial charge in [-0.25, -0.2) is 9.98 Å². The molecule has 0 saturated carbocycles. The second-order valence-corrected chi connectivity index (χ2v) is 6.56. The number of methoxy groups -OCH3 is 1. The van der Waals surface area contributed by atoms with E-state index in [0.717, 1.165) is 44.7 Å². The van der Waals surface area contributed by atoms with Gasteiger partial charge in [0.1, 0.15) is 11.6 Å². The van der Waals surface area contributed by atoms with E-state index in [-0.39, 0.29) is 17.5 Å². The van der Waals surface area contributed by atoms with E-state index < -0.39 is 11.7 Å². The smallest absolute Gasteiger partial charge is 0.417 e. The third-order valence-corrected chi connectivity index (χ3v) is 4.32. The lowest BCUT2D eigenvalue weighted by Gasteiger charge is -2.21. The molecule has 0 radical (unpaired) electrons. The maximum atomic E-state index is 12.6. The number of aliphatic imine (C=N–C) groups is 1. The summed E-state index contributed by atoms with van der Waals surface area (Å²) in [5.74, 6) is 1.22. The maximum Gasteiger partial charge on any atom is 0.417 e. The molecule has 0 amide bonds. The molecule has 1 aliphatic heterocycles. The number of hydrogen-bond acceptors (Lipinski definition) is 4. The normalized spacial score (nSPS) is 18.1. The Kier molecular flexibility index (Phi) is 7.97. The average molecular weight is 409 g/mol. The third-order valence-electron chi connectivity index (χ3n) is 4.05. The number of guanidine groups is 1. The first-order valence-corrected chi connectivity index (χ1v) is 9.10. The highest BCUT2D eigenvalue weighted by Gasteiger charge is 2.31. The number of aromatic nitrogens is 1. The topological polar surface area (TPSA) is 59.0 Å². The molecule has 0 bridgehead atoms. The van der Waals surface area contributed by atoms with Crippen molar-refractivity contribution in [3.63, 3.8) is 0 Å². The van der Waals surface area contributed by atoms with Crippen LogP contribution in [0.1, 0.15) is 18.9 Å². The molecule has 0 spiro atoms. The van der Waals surface area contributed by atoms with E-state index in [4.69, 9.17) is 21.1 Å². The summed E-state index contributed by atoms with van der Waals surface area (Å²) in [7, 11) is 1.69. The van der Waals surface area contributed by atoms with Crippen LogP contribution in [0.5, 0.6) is 5.88 Å². The Bertz CT molecular complexity index is 643. The van der Waals surface area contributed by atoms with Crippen molar-refractivity contribution < 1.29 is 22.6 Å². The van der Waals surface area contributed by atoms with Crippen molar-refractivity contribution in [2.24, 2.45) is 10.9 Å². The highest BCUT2D eigenvalue weighted by molar-refractivity contribution is 6.31. The van der Waals surface area contributed by atoms with Gasteiger partial charge < -0.3 is 19.7 Å². The average Bonchev–Trinajstić information content (AvgIpc) is 3.06. The van der Waals surface area contributed by atoms with Crippen molar-refractivity contribution in [3.8, 4) is 5.88 Å². The molecule has 10 heteroatoms. The molecule has 6 nitrogen and oxygen atoms in total. The van der Waals surface area contributed by atoms with Crippen molar-refractivity contribution >= 4 is 17.6 Å². The summed E-state index contributed by atoms with van der Waals surface area (Å²) >= 11 is 5.82. The zero-order chi connectivity index (χ0) is 19.9. The number of nitrogens with one attached hydrogen (secondary N) is 1. The number of halogens is 4. The summed E-state index contributed by atoms with van der Waals surface area (Å²) in [6.45, 7) is 5.68. The highest BCUT2D eigenvalue weighted by Crippen LogP contribution is 2.33. The van der Waals surface area contributed by atoms with Crippen molar-refractivity contribution in [2.75, 3.05) is 46.5 Å². The SMILES string of the molecule is CCNC(=NCCOc1ncc(C(F)(F)F)cc1Cl)N1CCC(COC)C1. The lowest BCUT2D eigenvalue weighted by molar-refractivity contribution is -0.137. The van der Waals surface area contributed by atoms with Gasteiger partial charge in [-0.15, -0.1) is 0 Å². The fourth-order valence-corrected chi connectivity index (χ4v) is 3.02. The van der Waals surface area contributed by atoms with Crippen LogP contribution in [0.25, 0.3) is 0 Å². The van der Waals surface area contributed by atoms with E-state index in [9.17, 15) is 13.2 Å². The number of ether oxygens (including phenoxy) is 2. The van der Waals surface area contributed by atoms with Crippen LogP contribution in [0.4, 0.5) is 13.2 Å². The molecule has 1 fully saturated rings. The second kappa shape index (κ2) is 9.98. The summed E-state index contributed by atoms with van der Waals surface area (Å²) < 4.78 is 48.4. The highest BCUT2D eigenvalue weighted by atomic mass is 35.5. The van der Waals surface area contributed by atoms with Crippen molar-refractivity contribution in [1.82, 2.24) is 15.2 Å². The van der Waals surface area contributed by atoms with Gasteiger partial charge in [0, 0.05) is 38.9 Å². The van der Waals surface area contributed by atoms with E-state index in [1.165, 1.54) is 0 Å². The first kappa shape index (κ1) is 21.6. The second-order valence-electron chi connectivity index (χ2n) is 6.15. The Labute approximate surface area is 161 Å². The van der Waals surface area contributed by atoms with Gasteiger partial charge in [-0.1, -0.05) is 11.6 Å². The fraction of sp³-hybridized carbons (Fsp3) is 0.647. The van der Waals surface area contributed by atoms with Crippen LogP contribution in [-0.4, -0.2) is 62.3 Å². The molecule has 1 aromatic heterocycles. The zero-order valence-electron chi connectivity index (χ0n) is 15.4. The lowest BCUT2D eigenvalue weighted by atomic mass is 10.1. The Morgan fingerprint density at radius 1 is 1.48 bits per heavy atom. The Morgan fingerprint density at radius 3 is 2.89 bits per heavy atom. The molecule has 2 rings (SSSR count). The molecular formula is C17H24ClF3N4O2. The van der Waals surface area contributed by atoms with Gasteiger partial charge in [-0.2, -0.15) is 13.2 Å². The van der Waals surface area contributed by atoms with Gasteiger partial charge in [0.2, 0.25) is 5.88 Å². The third kappa shape index (κ3) is 6.42. The van der Waals surface area contributed by atoms with E-state index in [0.29, 0.717) is 18.7 Å². The van der Waals surface area contributed by atoms with Crippen LogP contribution in [0.2, 0.25) is 5.02 Å². The molecule has 152 valence electrons. The van der Waals surface area contributed by atoms with Crippen LogP contribution in [-0.2, 0) is 10.9 Å². The minimum atomic E-state index is -4.49. The number of likely N-dealkylation sites (tertiary alicyclic amines) is 1. The first-order valence-electron chi connectivity index (χ1n) is 8.72. The summed E-state index contributed by atoms with van der Waals surface area (Å²) in [5.41, 5.74) is -0.910. The Morgan fingerprint density at radius 2 is 2.26 bits per heavy atom. The molecule has 1 atom stereocenters. The van der Waals surface area contributed by atoms with Crippen LogP contribution in [0.3, 0.4) is 0 Å². The number of hydrogen-bond donors (Lipinski definition) is 1. The van der Waals surface area contributed by atoms with Crippen molar-refractivity contribution in [3.05, 3.63) is 22.8 Å². The zero-order valence-corrected chi connectivity index (χ0v) is 16.1. The van der Waals surface area contributed by atoms with Gasteiger partial charge in [0.15, 0.2) is 5.96 Å². The number of alkyl halides is 3. The van der Waals surface area contributed by atoms with E-state index in [1.807, 2.05) is 6.92 Å². The number of pyridine rings is 1. The predicted octanol–water partition coefficient (Wildman–Crippen LogP) is 3.07. The predicted molar refractivity (Wildman–Crippen MR) is 97.3 cm³/mol. The molecule has 1 aromatic rings. The Balaban J connectivity index is 1.89. The lowest BCUT2D eigenvalue weighted by Crippen LogP contribution is -2.40. The van der Waals surface area contributed by atoms with Crippen LogP contribution >= 0.6 is 11.6 Å². The monoisotopic (exact) mass is 408 g/mol. The number of rotatable bonds is 7. The van der Waals surface area contributed by atoms with Crippen molar-refractivity contribution in [2.45, 2.75) is 19.5 Å². The molecular weight excluding hydrogens is 385 g/mol. The molecule has 0 aromatic carbocycles. The van der Waals surface area contributed by atoms with Crippen LogP contribution in [0, 0.1) is 5.92 Å². The molecule has 1 unspecified atom stereocenters. The van der Waals surface area contributed by atoms with Gasteiger partial charge in [0.05, 0.1) is 18.7 Å². The van der Waals surface area contributed by atoms with E-state index in [2.05, 4.69) is 20.2 Å². The summed E-state index contributed by atoms with van der Waals surface area (Å²) in [6.07, 6.45) is -2.74. The standard InChI is InChI=1S/C17H24ClF3N4O2/c1-3-22-16(25-6-4-12(10-25)11-26-2)23-5-7-27-15-14(18)8-13(9-24-15)17(19,20)21/h8-9,12H,3-7,10-11H2,1-2H3,(H,22,23). The Hall–Kier alpha value is -1.74. The molecule has 27 heavy (non-hydrogen) atoms. The van der Waals surface area contributed by atoms with E-state index >= 15 is 0 Å². The minimum Gasteiger partial charge on any atom is -0.475 e. The molecule has 1 saturated heterocycles. The summed E-state index contributed by atoms with van der Waals surface area (Å²) in [4.78, 5) is 10.3. The molecule has 1 aliphatic rings. The maximum absolute atomic E-state index is 12.6. The van der Waals surface area contributed by atoms with Crippen LogP contribution < -0.4 is 10.1 Å². The largest absolute Gasteiger partial charge is 0.475 e. The summed E-state index contributed by atoms with van der Waals surface area (Å²) in [5, 5.41) is 3.06. The number of nitrogens with zero attached hydrogens (tertiary/aromatic N) is 3. The van der Waals surface area contributed by atoms with Crippen LogP contribution in [0.15, 0.2) is 17.3 Å². The quantitative estimate of drug-likeness (QED) is 0.427. The molecule has 0 aliphatic carbocycles. The minimum absolute atomic E-state index is 0.0359. The first-order chi connectivity index (χ1) is 12.8. The fourth-order valence-electron chi connectivity index (χ4n) is 2.80. The molecule has 2 heterocycles. The van der Waals surface area contributed by atoms with Gasteiger partial charge in [0.25, 0.3) is 0 Å². The molecule has 1 N–H and O–H groups in total. The van der Waals surface area contributed by atoms with E-state index in [1.54, 1.807) is 7.11 Å². The summed E-state index contributed by atoms with van der Waals surface area (Å²) in [6, 6.07) is 0.803. The van der Waals surface area contributed by atoms with Gasteiger partial charge in [-0.3, -0.25) is 0 Å².